The molecule has 0 spiro atoms. The SMILES string of the molecule is C=CC1CC(=O)N(c2cc(C)ccn2)C1. The van der Waals surface area contributed by atoms with Crippen molar-refractivity contribution < 1.29 is 4.79 Å². The zero-order chi connectivity index (χ0) is 10.8. The van der Waals surface area contributed by atoms with Crippen molar-refractivity contribution in [3.05, 3.63) is 36.5 Å². The number of rotatable bonds is 2. The lowest BCUT2D eigenvalue weighted by atomic mass is 10.1. The molecule has 2 rings (SSSR count). The minimum atomic E-state index is 0.137. The van der Waals surface area contributed by atoms with Gasteiger partial charge >= 0.3 is 0 Å². The third-order valence-electron chi connectivity index (χ3n) is 2.67. The second-order valence-corrected chi connectivity index (χ2v) is 3.90. The van der Waals surface area contributed by atoms with Crippen LogP contribution in [0.4, 0.5) is 5.82 Å². The van der Waals surface area contributed by atoms with Crippen LogP contribution in [0.5, 0.6) is 0 Å². The Morgan fingerprint density at radius 2 is 2.47 bits per heavy atom. The highest BCUT2D eigenvalue weighted by Crippen LogP contribution is 2.24. The van der Waals surface area contributed by atoms with E-state index in [0.29, 0.717) is 13.0 Å². The number of carbonyl (C=O) groups is 1. The molecule has 3 nitrogen and oxygen atoms in total. The van der Waals surface area contributed by atoms with Gasteiger partial charge in [0.2, 0.25) is 5.91 Å². The Morgan fingerprint density at radius 1 is 1.67 bits per heavy atom. The Kier molecular flexibility index (Phi) is 2.54. The van der Waals surface area contributed by atoms with Gasteiger partial charge in [0.25, 0.3) is 0 Å². The van der Waals surface area contributed by atoms with Crippen LogP contribution in [-0.4, -0.2) is 17.4 Å². The zero-order valence-corrected chi connectivity index (χ0v) is 8.81. The molecule has 1 atom stereocenters. The largest absolute Gasteiger partial charge is 0.296 e. The van der Waals surface area contributed by atoms with Gasteiger partial charge in [0.1, 0.15) is 5.82 Å². The topological polar surface area (TPSA) is 33.2 Å². The van der Waals surface area contributed by atoms with Gasteiger partial charge in [0.05, 0.1) is 0 Å². The number of carbonyl (C=O) groups excluding carboxylic acids is 1. The normalized spacial score (nSPS) is 20.7. The third kappa shape index (κ3) is 1.91. The molecule has 0 N–H and O–H groups in total. The van der Waals surface area contributed by atoms with Gasteiger partial charge in [-0.15, -0.1) is 6.58 Å². The van der Waals surface area contributed by atoms with Crippen molar-refractivity contribution in [1.29, 1.82) is 0 Å². The van der Waals surface area contributed by atoms with E-state index in [1.54, 1.807) is 11.1 Å². The molecule has 1 aromatic rings. The monoisotopic (exact) mass is 202 g/mol. The molecule has 1 unspecified atom stereocenters. The third-order valence-corrected chi connectivity index (χ3v) is 2.67. The second kappa shape index (κ2) is 3.85. The molecule has 1 amide bonds. The number of nitrogens with zero attached hydrogens (tertiary/aromatic N) is 2. The van der Waals surface area contributed by atoms with Crippen LogP contribution in [0, 0.1) is 12.8 Å². The summed E-state index contributed by atoms with van der Waals surface area (Å²) in [5, 5.41) is 0. The first kappa shape index (κ1) is 9.90. The molecule has 1 saturated heterocycles. The highest BCUT2D eigenvalue weighted by atomic mass is 16.2. The molecule has 0 bridgehead atoms. The van der Waals surface area contributed by atoms with E-state index in [-0.39, 0.29) is 11.8 Å². The first-order valence-corrected chi connectivity index (χ1v) is 5.06. The van der Waals surface area contributed by atoms with Crippen LogP contribution >= 0.6 is 0 Å². The van der Waals surface area contributed by atoms with Crippen molar-refractivity contribution in [2.45, 2.75) is 13.3 Å². The minimum Gasteiger partial charge on any atom is -0.296 e. The van der Waals surface area contributed by atoms with Crippen LogP contribution in [0.2, 0.25) is 0 Å². The maximum Gasteiger partial charge on any atom is 0.228 e. The van der Waals surface area contributed by atoms with E-state index in [4.69, 9.17) is 0 Å². The summed E-state index contributed by atoms with van der Waals surface area (Å²) in [7, 11) is 0. The summed E-state index contributed by atoms with van der Waals surface area (Å²) < 4.78 is 0. The first-order valence-electron chi connectivity index (χ1n) is 5.06. The average molecular weight is 202 g/mol. The number of aryl methyl sites for hydroxylation is 1. The fraction of sp³-hybridized carbons (Fsp3) is 0.333. The van der Waals surface area contributed by atoms with E-state index in [0.717, 1.165) is 11.4 Å². The quantitative estimate of drug-likeness (QED) is 0.686. The van der Waals surface area contributed by atoms with E-state index < -0.39 is 0 Å². The molecule has 1 aliphatic heterocycles. The summed E-state index contributed by atoms with van der Waals surface area (Å²) in [5.41, 5.74) is 1.12. The fourth-order valence-corrected chi connectivity index (χ4v) is 1.78. The predicted molar refractivity (Wildman–Crippen MR) is 59.6 cm³/mol. The fourth-order valence-electron chi connectivity index (χ4n) is 1.78. The Balaban J connectivity index is 2.25. The maximum absolute atomic E-state index is 11.7. The molecule has 3 heteroatoms. The molecule has 2 heterocycles. The van der Waals surface area contributed by atoms with Gasteiger partial charge in [-0.1, -0.05) is 6.08 Å². The van der Waals surface area contributed by atoms with E-state index in [1.165, 1.54) is 0 Å². The van der Waals surface area contributed by atoms with Crippen molar-refractivity contribution in [3.63, 3.8) is 0 Å². The summed E-state index contributed by atoms with van der Waals surface area (Å²) >= 11 is 0. The van der Waals surface area contributed by atoms with Gasteiger partial charge in [0.15, 0.2) is 0 Å². The van der Waals surface area contributed by atoms with Crippen molar-refractivity contribution in [3.8, 4) is 0 Å². The number of hydrogen-bond donors (Lipinski definition) is 0. The van der Waals surface area contributed by atoms with Gasteiger partial charge in [-0.25, -0.2) is 4.98 Å². The van der Waals surface area contributed by atoms with E-state index in [1.807, 2.05) is 25.1 Å². The summed E-state index contributed by atoms with van der Waals surface area (Å²) in [6.45, 7) is 6.43. The number of anilines is 1. The van der Waals surface area contributed by atoms with Gasteiger partial charge < -0.3 is 0 Å². The van der Waals surface area contributed by atoms with Crippen LogP contribution in [0.1, 0.15) is 12.0 Å². The first-order chi connectivity index (χ1) is 7.20. The molecule has 1 fully saturated rings. The van der Waals surface area contributed by atoms with Crippen molar-refractivity contribution >= 4 is 11.7 Å². The highest BCUT2D eigenvalue weighted by Gasteiger charge is 2.29. The van der Waals surface area contributed by atoms with Gasteiger partial charge in [-0.3, -0.25) is 9.69 Å². The molecule has 1 aliphatic rings. The predicted octanol–water partition coefficient (Wildman–Crippen LogP) is 1.93. The van der Waals surface area contributed by atoms with Gasteiger partial charge in [-0.05, 0) is 24.6 Å². The van der Waals surface area contributed by atoms with E-state index in [2.05, 4.69) is 11.6 Å². The molecular formula is C12H14N2O. The Hall–Kier alpha value is -1.64. The lowest BCUT2D eigenvalue weighted by Crippen LogP contribution is -2.25. The minimum absolute atomic E-state index is 0.137. The van der Waals surface area contributed by atoms with Crippen molar-refractivity contribution in [2.24, 2.45) is 5.92 Å². The number of amides is 1. The maximum atomic E-state index is 11.7. The van der Waals surface area contributed by atoms with E-state index in [9.17, 15) is 4.79 Å². The number of hydrogen-bond acceptors (Lipinski definition) is 2. The Morgan fingerprint density at radius 3 is 3.07 bits per heavy atom. The van der Waals surface area contributed by atoms with Gasteiger partial charge in [-0.2, -0.15) is 0 Å². The van der Waals surface area contributed by atoms with Crippen LogP contribution in [0.3, 0.4) is 0 Å². The lowest BCUT2D eigenvalue weighted by Gasteiger charge is -2.15. The van der Waals surface area contributed by atoms with Crippen molar-refractivity contribution in [2.75, 3.05) is 11.4 Å². The summed E-state index contributed by atoms with van der Waals surface area (Å²) in [6.07, 6.45) is 4.13. The summed E-state index contributed by atoms with van der Waals surface area (Å²) in [4.78, 5) is 17.6. The zero-order valence-electron chi connectivity index (χ0n) is 8.81. The summed E-state index contributed by atoms with van der Waals surface area (Å²) in [5.74, 6) is 1.15. The second-order valence-electron chi connectivity index (χ2n) is 3.90. The van der Waals surface area contributed by atoms with Gasteiger partial charge in [0, 0.05) is 25.1 Å². The van der Waals surface area contributed by atoms with Crippen LogP contribution < -0.4 is 4.90 Å². The number of aromatic nitrogens is 1. The van der Waals surface area contributed by atoms with Crippen LogP contribution in [-0.2, 0) is 4.79 Å². The lowest BCUT2D eigenvalue weighted by molar-refractivity contribution is -0.117. The van der Waals surface area contributed by atoms with Crippen molar-refractivity contribution in [1.82, 2.24) is 4.98 Å². The Labute approximate surface area is 89.4 Å². The number of pyridine rings is 1. The van der Waals surface area contributed by atoms with Crippen LogP contribution in [0.25, 0.3) is 0 Å². The molecule has 0 radical (unpaired) electrons. The van der Waals surface area contributed by atoms with E-state index >= 15 is 0 Å². The molecule has 15 heavy (non-hydrogen) atoms. The molecular weight excluding hydrogens is 188 g/mol. The molecule has 1 aromatic heterocycles. The highest BCUT2D eigenvalue weighted by molar-refractivity contribution is 5.95. The summed E-state index contributed by atoms with van der Waals surface area (Å²) in [6, 6.07) is 3.86. The average Bonchev–Trinajstić information content (AvgIpc) is 2.60. The molecule has 0 saturated carbocycles. The standard InChI is InChI=1S/C12H14N2O/c1-3-10-7-12(15)14(8-10)11-6-9(2)4-5-13-11/h3-6,10H,1,7-8H2,2H3. The smallest absolute Gasteiger partial charge is 0.228 e. The van der Waals surface area contributed by atoms with Crippen LogP contribution in [0.15, 0.2) is 31.0 Å². The molecule has 78 valence electrons. The molecule has 0 aliphatic carbocycles. The Bertz CT molecular complexity index is 400. The molecule has 0 aromatic carbocycles.